The van der Waals surface area contributed by atoms with Gasteiger partial charge in [-0.1, -0.05) is 6.08 Å². The number of pyridine rings is 1. The molecule has 1 aromatic rings. The van der Waals surface area contributed by atoms with Crippen molar-refractivity contribution in [2.45, 2.75) is 13.0 Å². The topological polar surface area (TPSA) is 50.9 Å². The van der Waals surface area contributed by atoms with E-state index in [0.29, 0.717) is 0 Å². The fourth-order valence-corrected chi connectivity index (χ4v) is 1.09. The lowest BCUT2D eigenvalue weighted by Crippen LogP contribution is -2.26. The molecule has 64 valence electrons. The van der Waals surface area contributed by atoms with E-state index in [-0.39, 0.29) is 6.04 Å². The van der Waals surface area contributed by atoms with Gasteiger partial charge >= 0.3 is 0 Å². The molecule has 0 aliphatic carbocycles. The van der Waals surface area contributed by atoms with Gasteiger partial charge in [-0.05, 0) is 24.1 Å². The number of hydrazine groups is 1. The van der Waals surface area contributed by atoms with Crippen LogP contribution >= 0.6 is 0 Å². The van der Waals surface area contributed by atoms with Crippen molar-refractivity contribution < 1.29 is 0 Å². The fourth-order valence-electron chi connectivity index (χ4n) is 1.09. The van der Waals surface area contributed by atoms with Crippen molar-refractivity contribution in [2.75, 3.05) is 0 Å². The predicted molar refractivity (Wildman–Crippen MR) is 49.2 cm³/mol. The highest BCUT2D eigenvalue weighted by Crippen LogP contribution is 2.15. The molecule has 0 saturated carbocycles. The standard InChI is InChI=1S/C9H13N3/c1-3-9(12-10)8-6-11-5-4-7(8)2/h3-6,9,12H,1,10H2,2H3. The summed E-state index contributed by atoms with van der Waals surface area (Å²) in [4.78, 5) is 4.02. The van der Waals surface area contributed by atoms with E-state index in [2.05, 4.69) is 17.0 Å². The Kier molecular flexibility index (Phi) is 2.96. The average Bonchev–Trinajstić information content (AvgIpc) is 2.10. The minimum absolute atomic E-state index is 0.0151. The largest absolute Gasteiger partial charge is 0.271 e. The average molecular weight is 163 g/mol. The molecule has 0 radical (unpaired) electrons. The highest BCUT2D eigenvalue weighted by Gasteiger charge is 2.06. The summed E-state index contributed by atoms with van der Waals surface area (Å²) in [7, 11) is 0. The highest BCUT2D eigenvalue weighted by atomic mass is 15.2. The second-order valence-corrected chi connectivity index (χ2v) is 2.61. The summed E-state index contributed by atoms with van der Waals surface area (Å²) in [5.41, 5.74) is 4.88. The first kappa shape index (κ1) is 8.90. The number of hydrogen-bond donors (Lipinski definition) is 2. The first-order chi connectivity index (χ1) is 5.79. The van der Waals surface area contributed by atoms with Crippen LogP contribution in [0, 0.1) is 6.92 Å². The van der Waals surface area contributed by atoms with Gasteiger partial charge in [-0.2, -0.15) is 0 Å². The van der Waals surface area contributed by atoms with Crippen LogP contribution < -0.4 is 11.3 Å². The van der Waals surface area contributed by atoms with Gasteiger partial charge in [-0.15, -0.1) is 6.58 Å². The number of nitrogens with one attached hydrogen (secondary N) is 1. The minimum Gasteiger partial charge on any atom is -0.271 e. The van der Waals surface area contributed by atoms with Gasteiger partial charge in [-0.25, -0.2) is 5.43 Å². The van der Waals surface area contributed by atoms with E-state index in [9.17, 15) is 0 Å². The summed E-state index contributed by atoms with van der Waals surface area (Å²) in [6.45, 7) is 5.70. The zero-order valence-electron chi connectivity index (χ0n) is 7.12. The van der Waals surface area contributed by atoms with Gasteiger partial charge in [-0.3, -0.25) is 10.8 Å². The molecule has 0 bridgehead atoms. The smallest absolute Gasteiger partial charge is 0.0655 e. The van der Waals surface area contributed by atoms with Crippen LogP contribution in [0.15, 0.2) is 31.1 Å². The van der Waals surface area contributed by atoms with Crippen molar-refractivity contribution in [2.24, 2.45) is 5.84 Å². The Bertz CT molecular complexity index is 270. The van der Waals surface area contributed by atoms with E-state index in [1.54, 1.807) is 18.5 Å². The fraction of sp³-hybridized carbons (Fsp3) is 0.222. The molecule has 0 aliphatic rings. The summed E-state index contributed by atoms with van der Waals surface area (Å²) in [6.07, 6.45) is 5.31. The van der Waals surface area contributed by atoms with Gasteiger partial charge in [0.1, 0.15) is 0 Å². The zero-order chi connectivity index (χ0) is 8.97. The van der Waals surface area contributed by atoms with Crippen LogP contribution in [0.4, 0.5) is 0 Å². The van der Waals surface area contributed by atoms with Gasteiger partial charge in [0.05, 0.1) is 6.04 Å². The summed E-state index contributed by atoms with van der Waals surface area (Å²) in [6, 6.07) is 1.93. The maximum atomic E-state index is 5.34. The second-order valence-electron chi connectivity index (χ2n) is 2.61. The molecule has 3 N–H and O–H groups in total. The van der Waals surface area contributed by atoms with Gasteiger partial charge in [0.15, 0.2) is 0 Å². The molecule has 12 heavy (non-hydrogen) atoms. The molecule has 3 nitrogen and oxygen atoms in total. The van der Waals surface area contributed by atoms with Crippen LogP contribution in [0.5, 0.6) is 0 Å². The third kappa shape index (κ3) is 1.69. The molecule has 0 amide bonds. The maximum Gasteiger partial charge on any atom is 0.0655 e. The Labute approximate surface area is 72.3 Å². The van der Waals surface area contributed by atoms with Crippen molar-refractivity contribution in [1.82, 2.24) is 10.4 Å². The molecular weight excluding hydrogens is 150 g/mol. The summed E-state index contributed by atoms with van der Waals surface area (Å²) < 4.78 is 0. The van der Waals surface area contributed by atoms with E-state index in [4.69, 9.17) is 5.84 Å². The number of aromatic nitrogens is 1. The Balaban J connectivity index is 3.00. The molecule has 0 aliphatic heterocycles. The third-order valence-corrected chi connectivity index (χ3v) is 1.83. The lowest BCUT2D eigenvalue weighted by atomic mass is 10.1. The van der Waals surface area contributed by atoms with E-state index in [0.717, 1.165) is 11.1 Å². The van der Waals surface area contributed by atoms with Crippen molar-refractivity contribution in [3.63, 3.8) is 0 Å². The van der Waals surface area contributed by atoms with E-state index in [1.165, 1.54) is 0 Å². The lowest BCUT2D eigenvalue weighted by molar-refractivity contribution is 0.651. The van der Waals surface area contributed by atoms with Crippen LogP contribution in [0.25, 0.3) is 0 Å². The molecule has 1 atom stereocenters. The number of aryl methyl sites for hydroxylation is 1. The van der Waals surface area contributed by atoms with Crippen LogP contribution in [0.2, 0.25) is 0 Å². The lowest BCUT2D eigenvalue weighted by Gasteiger charge is -2.12. The first-order valence-electron chi connectivity index (χ1n) is 3.78. The second kappa shape index (κ2) is 3.99. The quantitative estimate of drug-likeness (QED) is 0.398. The summed E-state index contributed by atoms with van der Waals surface area (Å²) in [5.74, 6) is 5.34. The molecule has 0 saturated heterocycles. The molecule has 0 spiro atoms. The normalized spacial score (nSPS) is 12.5. The van der Waals surface area contributed by atoms with Gasteiger partial charge < -0.3 is 0 Å². The van der Waals surface area contributed by atoms with Gasteiger partial charge in [0, 0.05) is 12.4 Å². The van der Waals surface area contributed by atoms with Gasteiger partial charge in [0.2, 0.25) is 0 Å². The van der Waals surface area contributed by atoms with Crippen molar-refractivity contribution in [1.29, 1.82) is 0 Å². The number of rotatable bonds is 3. The number of nitrogens with zero attached hydrogens (tertiary/aromatic N) is 1. The zero-order valence-corrected chi connectivity index (χ0v) is 7.12. The molecule has 0 aromatic carbocycles. The van der Waals surface area contributed by atoms with E-state index < -0.39 is 0 Å². The Morgan fingerprint density at radius 1 is 1.75 bits per heavy atom. The number of hydrogen-bond acceptors (Lipinski definition) is 3. The van der Waals surface area contributed by atoms with Crippen LogP contribution in [0.1, 0.15) is 17.2 Å². The van der Waals surface area contributed by atoms with Crippen LogP contribution in [-0.4, -0.2) is 4.98 Å². The SMILES string of the molecule is C=CC(NN)c1cnccc1C. The predicted octanol–water partition coefficient (Wildman–Crippen LogP) is 1.08. The maximum absolute atomic E-state index is 5.34. The van der Waals surface area contributed by atoms with Crippen LogP contribution in [-0.2, 0) is 0 Å². The first-order valence-corrected chi connectivity index (χ1v) is 3.78. The van der Waals surface area contributed by atoms with Crippen LogP contribution in [0.3, 0.4) is 0 Å². The Morgan fingerprint density at radius 3 is 3.00 bits per heavy atom. The van der Waals surface area contributed by atoms with Crippen molar-refractivity contribution >= 4 is 0 Å². The molecule has 1 heterocycles. The molecule has 1 aromatic heterocycles. The third-order valence-electron chi connectivity index (χ3n) is 1.83. The van der Waals surface area contributed by atoms with Crippen molar-refractivity contribution in [3.05, 3.63) is 42.2 Å². The Morgan fingerprint density at radius 2 is 2.50 bits per heavy atom. The summed E-state index contributed by atoms with van der Waals surface area (Å²) in [5, 5.41) is 0. The van der Waals surface area contributed by atoms with E-state index in [1.807, 2.05) is 13.0 Å². The highest BCUT2D eigenvalue weighted by molar-refractivity contribution is 5.27. The molecule has 1 unspecified atom stereocenters. The van der Waals surface area contributed by atoms with E-state index >= 15 is 0 Å². The minimum atomic E-state index is -0.0151. The summed E-state index contributed by atoms with van der Waals surface area (Å²) >= 11 is 0. The molecule has 3 heteroatoms. The molecule has 0 fully saturated rings. The van der Waals surface area contributed by atoms with Gasteiger partial charge in [0.25, 0.3) is 0 Å². The molecular formula is C9H13N3. The number of nitrogens with two attached hydrogens (primary N) is 1. The Hall–Kier alpha value is -1.19. The van der Waals surface area contributed by atoms with Crippen molar-refractivity contribution in [3.8, 4) is 0 Å². The molecule has 1 rings (SSSR count). The monoisotopic (exact) mass is 163 g/mol.